The van der Waals surface area contributed by atoms with Crippen LogP contribution in [0.1, 0.15) is 20.3 Å². The fraction of sp³-hybridized carbons (Fsp3) is 0.148. The predicted octanol–water partition coefficient (Wildman–Crippen LogP) is 5.14. The normalized spacial score (nSPS) is 11.5. The molecule has 10 nitrogen and oxygen atoms in total. The van der Waals surface area contributed by atoms with Crippen molar-refractivity contribution in [2.45, 2.75) is 20.3 Å². The fourth-order valence-electron chi connectivity index (χ4n) is 4.32. The van der Waals surface area contributed by atoms with Crippen molar-refractivity contribution in [2.75, 3.05) is 5.32 Å². The van der Waals surface area contributed by atoms with Crippen LogP contribution in [-0.4, -0.2) is 46.0 Å². The molecule has 0 fully saturated rings. The highest BCUT2D eigenvalue weighted by atomic mass is 19.1. The predicted molar refractivity (Wildman–Crippen MR) is 141 cm³/mol. The third-order valence-electron chi connectivity index (χ3n) is 6.00. The van der Waals surface area contributed by atoms with E-state index in [1.807, 2.05) is 38.1 Å². The van der Waals surface area contributed by atoms with Gasteiger partial charge in [-0.25, -0.2) is 19.3 Å². The lowest BCUT2D eigenvalue weighted by atomic mass is 10.1. The molecule has 3 N–H and O–H groups in total. The van der Waals surface area contributed by atoms with E-state index in [2.05, 4.69) is 40.4 Å². The number of imidazole rings is 1. The molecule has 0 atom stereocenters. The molecular weight excluding hydrogens is 485 g/mol. The molecule has 0 aromatic carbocycles. The number of rotatable bonds is 6. The summed E-state index contributed by atoms with van der Waals surface area (Å²) in [4.78, 5) is 37.4. The van der Waals surface area contributed by atoms with E-state index in [4.69, 9.17) is 4.98 Å². The van der Waals surface area contributed by atoms with Crippen molar-refractivity contribution in [3.05, 3.63) is 67.1 Å². The van der Waals surface area contributed by atoms with Crippen LogP contribution >= 0.6 is 0 Å². The molecule has 38 heavy (non-hydrogen) atoms. The van der Waals surface area contributed by atoms with E-state index in [9.17, 15) is 4.79 Å². The summed E-state index contributed by atoms with van der Waals surface area (Å²) in [5.74, 6) is -0.116. The summed E-state index contributed by atoms with van der Waals surface area (Å²) >= 11 is 0. The maximum Gasteiger partial charge on any atom is 0.224 e. The van der Waals surface area contributed by atoms with Crippen molar-refractivity contribution in [1.29, 1.82) is 0 Å². The highest BCUT2D eigenvalue weighted by Crippen LogP contribution is 2.34. The number of anilines is 1. The molecule has 0 spiro atoms. The van der Waals surface area contributed by atoms with E-state index < -0.39 is 5.82 Å². The quantitative estimate of drug-likeness (QED) is 0.284. The zero-order valence-corrected chi connectivity index (χ0v) is 20.5. The zero-order chi connectivity index (χ0) is 26.2. The molecule has 6 aromatic rings. The van der Waals surface area contributed by atoms with E-state index in [1.165, 1.54) is 18.6 Å². The molecule has 0 aliphatic rings. The highest BCUT2D eigenvalue weighted by Gasteiger charge is 2.22. The standard InChI is InChI=1S/C27H22FN9O/c1-14(2)9-20(38)33-16-10-15(11-29-12-16)18-13-32-25-21(22(18)28)24(36-37-25)27-34-23-17(6-8-31-26(23)35-27)19-5-3-4-7-30-19/h3-8,10-14H,9H2,1-2H3,(H,33,38)(H,31,34,35)(H,32,36,37). The topological polar surface area (TPSA) is 138 Å². The van der Waals surface area contributed by atoms with E-state index in [1.54, 1.807) is 18.5 Å². The molecule has 0 aliphatic carbocycles. The summed E-state index contributed by atoms with van der Waals surface area (Å²) in [7, 11) is 0. The van der Waals surface area contributed by atoms with Gasteiger partial charge in [0.2, 0.25) is 5.91 Å². The second-order valence-electron chi connectivity index (χ2n) is 9.25. The van der Waals surface area contributed by atoms with Gasteiger partial charge in [0.15, 0.2) is 17.1 Å². The second kappa shape index (κ2) is 9.43. The Morgan fingerprint density at radius 1 is 1.03 bits per heavy atom. The Bertz CT molecular complexity index is 1790. The summed E-state index contributed by atoms with van der Waals surface area (Å²) < 4.78 is 16.0. The van der Waals surface area contributed by atoms with Gasteiger partial charge in [0.1, 0.15) is 17.0 Å². The molecule has 0 saturated heterocycles. The number of amides is 1. The maximum absolute atomic E-state index is 16.0. The van der Waals surface area contributed by atoms with Gasteiger partial charge in [0.05, 0.1) is 23.0 Å². The van der Waals surface area contributed by atoms with Crippen LogP contribution in [0.5, 0.6) is 0 Å². The van der Waals surface area contributed by atoms with Gasteiger partial charge in [-0.05, 0) is 30.2 Å². The van der Waals surface area contributed by atoms with Crippen LogP contribution in [-0.2, 0) is 4.79 Å². The average molecular weight is 508 g/mol. The van der Waals surface area contributed by atoms with Gasteiger partial charge in [-0.2, -0.15) is 5.10 Å². The van der Waals surface area contributed by atoms with E-state index in [0.717, 1.165) is 11.3 Å². The van der Waals surface area contributed by atoms with E-state index in [0.29, 0.717) is 34.7 Å². The first-order valence-electron chi connectivity index (χ1n) is 12.0. The molecule has 6 aromatic heterocycles. The van der Waals surface area contributed by atoms with Crippen LogP contribution in [0, 0.1) is 11.7 Å². The number of aromatic nitrogens is 8. The summed E-state index contributed by atoms with van der Waals surface area (Å²) in [6.45, 7) is 3.93. The van der Waals surface area contributed by atoms with Crippen LogP contribution in [0.4, 0.5) is 10.1 Å². The number of carbonyl (C=O) groups excluding carboxylic acids is 1. The van der Waals surface area contributed by atoms with Gasteiger partial charge in [-0.3, -0.25) is 19.9 Å². The van der Waals surface area contributed by atoms with E-state index >= 15 is 4.39 Å². The highest BCUT2D eigenvalue weighted by molar-refractivity contribution is 5.96. The molecule has 0 aliphatic heterocycles. The minimum atomic E-state index is -0.537. The van der Waals surface area contributed by atoms with Crippen molar-refractivity contribution in [3.63, 3.8) is 0 Å². The molecule has 0 unspecified atom stereocenters. The lowest BCUT2D eigenvalue weighted by Crippen LogP contribution is -2.14. The number of H-pyrrole nitrogens is 2. The largest absolute Gasteiger partial charge is 0.325 e. The first kappa shape index (κ1) is 23.3. The molecule has 0 bridgehead atoms. The molecule has 0 radical (unpaired) electrons. The van der Waals surface area contributed by atoms with Crippen LogP contribution in [0.25, 0.3) is 56.1 Å². The molecule has 1 amide bonds. The summed E-state index contributed by atoms with van der Waals surface area (Å²) in [5, 5.41) is 10.1. The Morgan fingerprint density at radius 2 is 1.92 bits per heavy atom. The number of fused-ring (bicyclic) bond motifs is 2. The van der Waals surface area contributed by atoms with Crippen molar-refractivity contribution < 1.29 is 9.18 Å². The van der Waals surface area contributed by atoms with Gasteiger partial charge in [0, 0.05) is 47.9 Å². The van der Waals surface area contributed by atoms with Gasteiger partial charge in [-0.1, -0.05) is 19.9 Å². The van der Waals surface area contributed by atoms with E-state index in [-0.39, 0.29) is 34.1 Å². The Hall–Kier alpha value is -5.06. The minimum Gasteiger partial charge on any atom is -0.325 e. The van der Waals surface area contributed by atoms with Crippen LogP contribution in [0.15, 0.2) is 61.3 Å². The lowest BCUT2D eigenvalue weighted by Gasteiger charge is -2.09. The minimum absolute atomic E-state index is 0.131. The number of hydrogen-bond acceptors (Lipinski definition) is 7. The first-order valence-corrected chi connectivity index (χ1v) is 12.0. The second-order valence-corrected chi connectivity index (χ2v) is 9.25. The SMILES string of the molecule is CC(C)CC(=O)Nc1cncc(-c2cnc3[nH]nc(-c4nc5c(-c6ccccn6)ccnc5[nH]4)c3c2F)c1. The molecule has 6 rings (SSSR count). The fourth-order valence-corrected chi connectivity index (χ4v) is 4.32. The van der Waals surface area contributed by atoms with Crippen molar-refractivity contribution in [2.24, 2.45) is 5.92 Å². The Balaban J connectivity index is 1.42. The maximum atomic E-state index is 16.0. The number of pyridine rings is 4. The van der Waals surface area contributed by atoms with Crippen molar-refractivity contribution in [1.82, 2.24) is 40.1 Å². The molecule has 0 saturated carbocycles. The number of halogens is 1. The molecule has 188 valence electrons. The lowest BCUT2D eigenvalue weighted by molar-refractivity contribution is -0.116. The Kier molecular flexibility index (Phi) is 5.79. The van der Waals surface area contributed by atoms with Gasteiger partial charge in [-0.15, -0.1) is 0 Å². The summed E-state index contributed by atoms with van der Waals surface area (Å²) in [5.41, 5.74) is 4.36. The number of hydrogen-bond donors (Lipinski definition) is 3. The van der Waals surface area contributed by atoms with Crippen LogP contribution in [0.2, 0.25) is 0 Å². The van der Waals surface area contributed by atoms with Crippen LogP contribution < -0.4 is 5.32 Å². The third kappa shape index (κ3) is 4.23. The number of carbonyl (C=O) groups is 1. The molecule has 6 heterocycles. The molecular formula is C27H22FN9O. The summed E-state index contributed by atoms with van der Waals surface area (Å²) in [6.07, 6.45) is 8.20. The summed E-state index contributed by atoms with van der Waals surface area (Å²) in [6, 6.07) is 9.12. The number of nitrogens with one attached hydrogen (secondary N) is 3. The van der Waals surface area contributed by atoms with Crippen molar-refractivity contribution >= 4 is 33.8 Å². The Labute approximate surface area is 215 Å². The molecule has 11 heteroatoms. The number of aromatic amines is 2. The zero-order valence-electron chi connectivity index (χ0n) is 20.5. The monoisotopic (exact) mass is 507 g/mol. The third-order valence-corrected chi connectivity index (χ3v) is 6.00. The van der Waals surface area contributed by atoms with Crippen molar-refractivity contribution in [3.8, 4) is 33.9 Å². The first-order chi connectivity index (χ1) is 18.5. The van der Waals surface area contributed by atoms with Gasteiger partial charge >= 0.3 is 0 Å². The van der Waals surface area contributed by atoms with Gasteiger partial charge in [0.25, 0.3) is 0 Å². The van der Waals surface area contributed by atoms with Gasteiger partial charge < -0.3 is 10.3 Å². The smallest absolute Gasteiger partial charge is 0.224 e. The average Bonchev–Trinajstić information content (AvgIpc) is 3.54. The van der Waals surface area contributed by atoms with Crippen LogP contribution in [0.3, 0.4) is 0 Å². The Morgan fingerprint density at radius 3 is 2.74 bits per heavy atom. The number of nitrogens with zero attached hydrogens (tertiary/aromatic N) is 6.